The van der Waals surface area contributed by atoms with E-state index in [4.69, 9.17) is 5.73 Å². The summed E-state index contributed by atoms with van der Waals surface area (Å²) in [5, 5.41) is 6.20. The van der Waals surface area contributed by atoms with E-state index in [2.05, 4.69) is 31.1 Å². The van der Waals surface area contributed by atoms with Gasteiger partial charge < -0.3 is 5.73 Å². The Hall–Kier alpha value is -2.44. The van der Waals surface area contributed by atoms with Crippen molar-refractivity contribution in [3.8, 4) is 0 Å². The quantitative estimate of drug-likeness (QED) is 0.555. The van der Waals surface area contributed by atoms with Gasteiger partial charge in [-0.2, -0.15) is 9.40 Å². The predicted molar refractivity (Wildman–Crippen MR) is 92.5 cm³/mol. The zero-order chi connectivity index (χ0) is 18.4. The van der Waals surface area contributed by atoms with Crippen LogP contribution in [0.2, 0.25) is 0 Å². The molecule has 2 aromatic heterocycles. The van der Waals surface area contributed by atoms with Crippen LogP contribution in [-0.2, 0) is 16.6 Å². The van der Waals surface area contributed by atoms with E-state index in [1.165, 1.54) is 7.05 Å². The molecule has 25 heavy (non-hydrogen) atoms. The van der Waals surface area contributed by atoms with E-state index in [9.17, 15) is 18.0 Å². The fourth-order valence-corrected chi connectivity index (χ4v) is 5.02. The van der Waals surface area contributed by atoms with E-state index in [1.54, 1.807) is 24.3 Å². The fraction of sp³-hybridized carbons (Fsp3) is 0.154. The van der Waals surface area contributed by atoms with Crippen molar-refractivity contribution in [1.29, 1.82) is 0 Å². The monoisotopic (exact) mass is 428 g/mol. The Morgan fingerprint density at radius 1 is 1.40 bits per heavy atom. The third-order valence-corrected chi connectivity index (χ3v) is 6.48. The Labute approximate surface area is 149 Å². The number of fused-ring (bicyclic) bond motifs is 1. The number of nitrogens with two attached hydrogens (primary N) is 1. The zero-order valence-corrected chi connectivity index (χ0v) is 15.3. The number of carbonyl (C=O) groups excluding carboxylic acids is 1. The summed E-state index contributed by atoms with van der Waals surface area (Å²) in [5.74, 6) is 0.158. The maximum absolute atomic E-state index is 13.0. The number of para-hydroxylation sites is 1. The number of amides is 1. The highest BCUT2D eigenvalue weighted by Gasteiger charge is 2.31. The smallest absolute Gasteiger partial charge is 0.340 e. The Morgan fingerprint density at radius 3 is 2.68 bits per heavy atom. The van der Waals surface area contributed by atoms with Crippen LogP contribution in [0.15, 0.2) is 38.6 Å². The summed E-state index contributed by atoms with van der Waals surface area (Å²) < 4.78 is 28.1. The number of primary amides is 1. The molecule has 0 aliphatic rings. The van der Waals surface area contributed by atoms with Gasteiger partial charge in [0.2, 0.25) is 10.0 Å². The largest absolute Gasteiger partial charge is 0.351 e. The Morgan fingerprint density at radius 2 is 2.08 bits per heavy atom. The molecular formula is C13H13BrN6O4S. The lowest BCUT2D eigenvalue weighted by molar-refractivity contribution is 0.250. The van der Waals surface area contributed by atoms with Gasteiger partial charge in [-0.3, -0.25) is 9.55 Å². The first kappa shape index (κ1) is 17.4. The SMILES string of the molecule is CN(Cc1n[nH]c(=O)[nH]1)S(=O)(=O)c1c(Br)n(C(N)=O)c2ccccc12. The molecule has 0 bridgehead atoms. The van der Waals surface area contributed by atoms with E-state index in [0.717, 1.165) is 8.87 Å². The molecule has 0 saturated carbocycles. The van der Waals surface area contributed by atoms with Crippen LogP contribution in [0.25, 0.3) is 10.9 Å². The molecule has 3 rings (SSSR count). The van der Waals surface area contributed by atoms with Crippen molar-refractivity contribution in [3.63, 3.8) is 0 Å². The van der Waals surface area contributed by atoms with Crippen LogP contribution in [0.5, 0.6) is 0 Å². The number of nitrogens with zero attached hydrogens (tertiary/aromatic N) is 3. The second-order valence-electron chi connectivity index (χ2n) is 5.20. The molecule has 10 nitrogen and oxygen atoms in total. The van der Waals surface area contributed by atoms with Gasteiger partial charge >= 0.3 is 11.7 Å². The number of hydrogen-bond acceptors (Lipinski definition) is 5. The van der Waals surface area contributed by atoms with Crippen LogP contribution >= 0.6 is 15.9 Å². The lowest BCUT2D eigenvalue weighted by Gasteiger charge is -2.15. The molecule has 1 amide bonds. The van der Waals surface area contributed by atoms with Gasteiger partial charge in [0.1, 0.15) is 15.3 Å². The number of sulfonamides is 1. The molecule has 4 N–H and O–H groups in total. The van der Waals surface area contributed by atoms with Gasteiger partial charge in [-0.05, 0) is 22.0 Å². The van der Waals surface area contributed by atoms with Gasteiger partial charge in [0.15, 0.2) is 0 Å². The maximum Gasteiger partial charge on any atom is 0.340 e. The highest BCUT2D eigenvalue weighted by molar-refractivity contribution is 9.10. The minimum Gasteiger partial charge on any atom is -0.351 e. The topological polar surface area (TPSA) is 147 Å². The number of aromatic amines is 2. The first-order valence-electron chi connectivity index (χ1n) is 6.92. The number of halogens is 1. The summed E-state index contributed by atoms with van der Waals surface area (Å²) in [4.78, 5) is 25.1. The highest BCUT2D eigenvalue weighted by atomic mass is 79.9. The van der Waals surface area contributed by atoms with Gasteiger partial charge in [0.25, 0.3) is 0 Å². The normalized spacial score (nSPS) is 12.1. The Kier molecular flexibility index (Phi) is 4.26. The van der Waals surface area contributed by atoms with E-state index in [-0.39, 0.29) is 21.9 Å². The summed E-state index contributed by atoms with van der Waals surface area (Å²) in [6.45, 7) is -0.163. The van der Waals surface area contributed by atoms with Gasteiger partial charge in [-0.1, -0.05) is 18.2 Å². The molecule has 0 spiro atoms. The molecule has 12 heteroatoms. The van der Waals surface area contributed by atoms with Crippen molar-refractivity contribution in [2.75, 3.05) is 7.05 Å². The summed E-state index contributed by atoms with van der Waals surface area (Å²) in [6, 6.07) is 5.68. The number of nitrogens with one attached hydrogen (secondary N) is 2. The Balaban J connectivity index is 2.15. The molecule has 0 aliphatic carbocycles. The molecule has 0 saturated heterocycles. The average molecular weight is 429 g/mol. The van der Waals surface area contributed by atoms with Crippen molar-refractivity contribution in [3.05, 3.63) is 45.2 Å². The van der Waals surface area contributed by atoms with Gasteiger partial charge in [0.05, 0.1) is 12.1 Å². The fourth-order valence-electron chi connectivity index (χ4n) is 2.47. The first-order chi connectivity index (χ1) is 11.7. The van der Waals surface area contributed by atoms with Crippen LogP contribution in [0.1, 0.15) is 5.82 Å². The molecule has 0 radical (unpaired) electrons. The average Bonchev–Trinajstić information content (AvgIpc) is 3.07. The van der Waals surface area contributed by atoms with Crippen LogP contribution in [0.4, 0.5) is 4.79 Å². The maximum atomic E-state index is 13.0. The van der Waals surface area contributed by atoms with E-state index in [0.29, 0.717) is 10.9 Å². The summed E-state index contributed by atoms with van der Waals surface area (Å²) in [7, 11) is -2.68. The molecule has 2 heterocycles. The van der Waals surface area contributed by atoms with Crippen LogP contribution in [0.3, 0.4) is 0 Å². The second-order valence-corrected chi connectivity index (χ2v) is 7.93. The van der Waals surface area contributed by atoms with Crippen molar-refractivity contribution in [1.82, 2.24) is 24.1 Å². The number of benzene rings is 1. The molecule has 0 atom stereocenters. The van der Waals surface area contributed by atoms with E-state index in [1.807, 2.05) is 0 Å². The van der Waals surface area contributed by atoms with Gasteiger partial charge in [-0.25, -0.2) is 23.1 Å². The van der Waals surface area contributed by atoms with E-state index < -0.39 is 21.7 Å². The molecule has 0 unspecified atom stereocenters. The van der Waals surface area contributed by atoms with Crippen molar-refractivity contribution < 1.29 is 13.2 Å². The van der Waals surface area contributed by atoms with Crippen LogP contribution in [-0.4, -0.2) is 45.6 Å². The van der Waals surface area contributed by atoms with Gasteiger partial charge in [-0.15, -0.1) is 0 Å². The number of aromatic nitrogens is 4. The summed E-state index contributed by atoms with van der Waals surface area (Å²) >= 11 is 3.17. The third kappa shape index (κ3) is 2.88. The summed E-state index contributed by atoms with van der Waals surface area (Å²) in [6.07, 6.45) is 0. The molecule has 0 aliphatic heterocycles. The lowest BCUT2D eigenvalue weighted by atomic mass is 10.2. The second kappa shape index (κ2) is 6.13. The Bertz CT molecular complexity index is 1130. The molecule has 3 aromatic rings. The van der Waals surface area contributed by atoms with Crippen molar-refractivity contribution >= 4 is 42.9 Å². The van der Waals surface area contributed by atoms with Gasteiger partial charge in [0, 0.05) is 12.4 Å². The molecular weight excluding hydrogens is 416 g/mol. The van der Waals surface area contributed by atoms with Crippen molar-refractivity contribution in [2.24, 2.45) is 5.73 Å². The standard InChI is InChI=1S/C13H13BrN6O4S/c1-19(6-9-16-13(22)18-17-9)25(23,24)10-7-4-2-3-5-8(7)20(11(10)14)12(15)21/h2-5H,6H2,1H3,(H2,15,21)(H2,16,17,18,22). The first-order valence-corrected chi connectivity index (χ1v) is 9.15. The summed E-state index contributed by atoms with van der Waals surface area (Å²) in [5.41, 5.74) is 5.20. The highest BCUT2D eigenvalue weighted by Crippen LogP contribution is 2.35. The molecule has 132 valence electrons. The minimum atomic E-state index is -4.02. The zero-order valence-electron chi connectivity index (χ0n) is 12.9. The third-order valence-electron chi connectivity index (χ3n) is 3.58. The van der Waals surface area contributed by atoms with E-state index >= 15 is 0 Å². The number of H-pyrrole nitrogens is 2. The van der Waals surface area contributed by atoms with Crippen LogP contribution in [0, 0.1) is 0 Å². The number of carbonyl (C=O) groups is 1. The van der Waals surface area contributed by atoms with Crippen LogP contribution < -0.4 is 11.4 Å². The minimum absolute atomic E-state index is 0.0311. The number of rotatable bonds is 4. The molecule has 1 aromatic carbocycles. The lowest BCUT2D eigenvalue weighted by Crippen LogP contribution is -2.28. The number of hydrogen-bond donors (Lipinski definition) is 3. The molecule has 0 fully saturated rings. The van der Waals surface area contributed by atoms with Crippen molar-refractivity contribution in [2.45, 2.75) is 11.4 Å². The predicted octanol–water partition coefficient (Wildman–Crippen LogP) is 0.563.